The number of hydrogen-bond donors (Lipinski definition) is 0. The highest BCUT2D eigenvalue weighted by atomic mass is 19.1. The van der Waals surface area contributed by atoms with E-state index in [1.165, 1.54) is 12.1 Å². The highest BCUT2D eigenvalue weighted by Gasteiger charge is 2.11. The summed E-state index contributed by atoms with van der Waals surface area (Å²) in [7, 11) is 0. The second kappa shape index (κ2) is 5.37. The van der Waals surface area contributed by atoms with Crippen molar-refractivity contribution in [3.8, 4) is 6.07 Å². The summed E-state index contributed by atoms with van der Waals surface area (Å²) >= 11 is 0. The molecule has 0 aliphatic rings. The molecule has 0 spiro atoms. The van der Waals surface area contributed by atoms with Crippen LogP contribution in [-0.2, 0) is 13.0 Å². The van der Waals surface area contributed by atoms with E-state index in [1.54, 1.807) is 18.2 Å². The van der Waals surface area contributed by atoms with Crippen LogP contribution in [0.25, 0.3) is 11.0 Å². The zero-order chi connectivity index (χ0) is 14.8. The molecule has 3 nitrogen and oxygen atoms in total. The van der Waals surface area contributed by atoms with Gasteiger partial charge in [-0.15, -0.1) is 0 Å². The van der Waals surface area contributed by atoms with E-state index >= 15 is 0 Å². The van der Waals surface area contributed by atoms with Crippen molar-refractivity contribution < 1.29 is 4.39 Å². The summed E-state index contributed by atoms with van der Waals surface area (Å²) in [6, 6.07) is 14.2. The molecule has 104 valence electrons. The molecule has 0 unspecified atom stereocenters. The summed E-state index contributed by atoms with van der Waals surface area (Å²) in [5.74, 6) is 0.645. The van der Waals surface area contributed by atoms with Crippen LogP contribution >= 0.6 is 0 Å². The molecule has 0 amide bonds. The summed E-state index contributed by atoms with van der Waals surface area (Å²) in [6.45, 7) is 2.83. The molecule has 4 heteroatoms. The van der Waals surface area contributed by atoms with Crippen molar-refractivity contribution in [3.63, 3.8) is 0 Å². The topological polar surface area (TPSA) is 41.6 Å². The number of halogens is 1. The molecule has 0 radical (unpaired) electrons. The Morgan fingerprint density at radius 1 is 1.24 bits per heavy atom. The van der Waals surface area contributed by atoms with E-state index in [2.05, 4.69) is 22.5 Å². The summed E-state index contributed by atoms with van der Waals surface area (Å²) < 4.78 is 15.4. The first-order chi connectivity index (χ1) is 10.2. The average Bonchev–Trinajstić information content (AvgIpc) is 2.83. The fourth-order valence-electron chi connectivity index (χ4n) is 2.57. The second-order valence-electron chi connectivity index (χ2n) is 4.89. The lowest BCUT2D eigenvalue weighted by Gasteiger charge is -2.06. The van der Waals surface area contributed by atoms with Crippen molar-refractivity contribution in [2.24, 2.45) is 0 Å². The molecule has 3 rings (SSSR count). The van der Waals surface area contributed by atoms with Gasteiger partial charge in [0.05, 0.1) is 22.7 Å². The van der Waals surface area contributed by atoms with Gasteiger partial charge >= 0.3 is 0 Å². The fourth-order valence-corrected chi connectivity index (χ4v) is 2.57. The molecule has 0 bridgehead atoms. The molecule has 0 saturated carbocycles. The monoisotopic (exact) mass is 279 g/mol. The number of aromatic nitrogens is 2. The van der Waals surface area contributed by atoms with Crippen LogP contribution in [0, 0.1) is 17.1 Å². The predicted octanol–water partition coefficient (Wildman–Crippen LogP) is 3.66. The molecule has 0 aliphatic carbocycles. The van der Waals surface area contributed by atoms with Crippen molar-refractivity contribution >= 4 is 11.0 Å². The van der Waals surface area contributed by atoms with Crippen LogP contribution < -0.4 is 0 Å². The first-order valence-corrected chi connectivity index (χ1v) is 6.85. The molecule has 2 aromatic carbocycles. The van der Waals surface area contributed by atoms with Gasteiger partial charge in [0.15, 0.2) is 0 Å². The number of nitriles is 1. The van der Waals surface area contributed by atoms with E-state index in [9.17, 15) is 4.39 Å². The predicted molar refractivity (Wildman–Crippen MR) is 79.3 cm³/mol. The average molecular weight is 279 g/mol. The Kier molecular flexibility index (Phi) is 3.41. The maximum atomic E-state index is 13.3. The smallest absolute Gasteiger partial charge is 0.123 e. The molecule has 3 aromatic rings. The SMILES string of the molecule is CCn1c(Cc2cccc(F)c2)nc2cc(C#N)ccc21. The number of hydrogen-bond acceptors (Lipinski definition) is 2. The van der Waals surface area contributed by atoms with Gasteiger partial charge in [-0.25, -0.2) is 9.37 Å². The van der Waals surface area contributed by atoms with Crippen molar-refractivity contribution in [1.29, 1.82) is 5.26 Å². The number of benzene rings is 2. The van der Waals surface area contributed by atoms with Gasteiger partial charge in [0.25, 0.3) is 0 Å². The number of imidazole rings is 1. The van der Waals surface area contributed by atoms with E-state index in [0.29, 0.717) is 12.0 Å². The van der Waals surface area contributed by atoms with Crippen LogP contribution in [0.2, 0.25) is 0 Å². The van der Waals surface area contributed by atoms with Crippen molar-refractivity contribution in [3.05, 3.63) is 65.2 Å². The van der Waals surface area contributed by atoms with Gasteiger partial charge in [0, 0.05) is 13.0 Å². The van der Waals surface area contributed by atoms with E-state index in [0.717, 1.165) is 29.0 Å². The third-order valence-corrected chi connectivity index (χ3v) is 3.52. The summed E-state index contributed by atoms with van der Waals surface area (Å²) in [5, 5.41) is 8.97. The Morgan fingerprint density at radius 3 is 2.81 bits per heavy atom. The number of rotatable bonds is 3. The van der Waals surface area contributed by atoms with Gasteiger partial charge in [-0.05, 0) is 42.8 Å². The van der Waals surface area contributed by atoms with E-state index in [1.807, 2.05) is 12.1 Å². The third-order valence-electron chi connectivity index (χ3n) is 3.52. The fraction of sp³-hybridized carbons (Fsp3) is 0.176. The normalized spacial score (nSPS) is 10.7. The minimum atomic E-state index is -0.238. The Labute approximate surface area is 122 Å². The Hall–Kier alpha value is -2.67. The van der Waals surface area contributed by atoms with Crippen molar-refractivity contribution in [2.45, 2.75) is 19.9 Å². The number of fused-ring (bicyclic) bond motifs is 1. The summed E-state index contributed by atoms with van der Waals surface area (Å²) in [5.41, 5.74) is 3.30. The first kappa shape index (κ1) is 13.3. The molecule has 0 N–H and O–H groups in total. The van der Waals surface area contributed by atoms with Crippen molar-refractivity contribution in [2.75, 3.05) is 0 Å². The first-order valence-electron chi connectivity index (χ1n) is 6.85. The van der Waals surface area contributed by atoms with Gasteiger partial charge in [0.2, 0.25) is 0 Å². The molecular formula is C17H14FN3. The molecule has 0 fully saturated rings. The summed E-state index contributed by atoms with van der Waals surface area (Å²) in [4.78, 5) is 4.61. The van der Waals surface area contributed by atoms with Crippen LogP contribution in [0.5, 0.6) is 0 Å². The Balaban J connectivity index is 2.07. The minimum absolute atomic E-state index is 0.238. The van der Waals surface area contributed by atoms with Gasteiger partial charge in [0.1, 0.15) is 11.6 Å². The van der Waals surface area contributed by atoms with E-state index < -0.39 is 0 Å². The van der Waals surface area contributed by atoms with E-state index in [-0.39, 0.29) is 5.82 Å². The van der Waals surface area contributed by atoms with Crippen LogP contribution in [-0.4, -0.2) is 9.55 Å². The maximum Gasteiger partial charge on any atom is 0.123 e. The maximum absolute atomic E-state index is 13.3. The standard InChI is InChI=1S/C17H14FN3/c1-2-21-16-7-6-13(11-19)9-15(16)20-17(21)10-12-4-3-5-14(18)8-12/h3-9H,2,10H2,1H3. The highest BCUT2D eigenvalue weighted by Crippen LogP contribution is 2.20. The third kappa shape index (κ3) is 2.50. The molecule has 0 saturated heterocycles. The zero-order valence-corrected chi connectivity index (χ0v) is 11.7. The number of aryl methyl sites for hydroxylation is 1. The molecule has 0 aliphatic heterocycles. The quantitative estimate of drug-likeness (QED) is 0.734. The number of nitrogens with zero attached hydrogens (tertiary/aromatic N) is 3. The van der Waals surface area contributed by atoms with Crippen LogP contribution in [0.1, 0.15) is 23.9 Å². The van der Waals surface area contributed by atoms with Crippen molar-refractivity contribution in [1.82, 2.24) is 9.55 Å². The molecular weight excluding hydrogens is 265 g/mol. The molecule has 21 heavy (non-hydrogen) atoms. The molecule has 1 aromatic heterocycles. The van der Waals surface area contributed by atoms with Gasteiger partial charge in [-0.1, -0.05) is 12.1 Å². The minimum Gasteiger partial charge on any atom is -0.328 e. The van der Waals surface area contributed by atoms with Gasteiger partial charge < -0.3 is 4.57 Å². The van der Waals surface area contributed by atoms with Gasteiger partial charge in [-0.3, -0.25) is 0 Å². The molecule has 1 heterocycles. The second-order valence-corrected chi connectivity index (χ2v) is 4.89. The Morgan fingerprint density at radius 2 is 2.10 bits per heavy atom. The largest absolute Gasteiger partial charge is 0.328 e. The van der Waals surface area contributed by atoms with Gasteiger partial charge in [-0.2, -0.15) is 5.26 Å². The molecule has 0 atom stereocenters. The lowest BCUT2D eigenvalue weighted by atomic mass is 10.1. The summed E-state index contributed by atoms with van der Waals surface area (Å²) in [6.07, 6.45) is 0.572. The van der Waals surface area contributed by atoms with Crippen LogP contribution in [0.15, 0.2) is 42.5 Å². The lowest BCUT2D eigenvalue weighted by Crippen LogP contribution is -2.02. The Bertz CT molecular complexity index is 843. The lowest BCUT2D eigenvalue weighted by molar-refractivity contribution is 0.625. The van der Waals surface area contributed by atoms with Crippen LogP contribution in [0.4, 0.5) is 4.39 Å². The zero-order valence-electron chi connectivity index (χ0n) is 11.7. The highest BCUT2D eigenvalue weighted by molar-refractivity contribution is 5.77. The van der Waals surface area contributed by atoms with Crippen LogP contribution in [0.3, 0.4) is 0 Å². The van der Waals surface area contributed by atoms with E-state index in [4.69, 9.17) is 5.26 Å².